The van der Waals surface area contributed by atoms with Gasteiger partial charge in [0, 0.05) is 32.0 Å². The van der Waals surface area contributed by atoms with Crippen LogP contribution in [0.25, 0.3) is 0 Å². The minimum absolute atomic E-state index is 0.0490. The average molecular weight is 314 g/mol. The largest absolute Gasteiger partial charge is 0.375 e. The van der Waals surface area contributed by atoms with Gasteiger partial charge in [0.15, 0.2) is 0 Å². The lowest BCUT2D eigenvalue weighted by Crippen LogP contribution is -2.34. The third-order valence-electron chi connectivity index (χ3n) is 4.03. The van der Waals surface area contributed by atoms with E-state index in [1.165, 1.54) is 5.56 Å². The van der Waals surface area contributed by atoms with E-state index in [0.717, 1.165) is 25.9 Å². The first-order valence-corrected chi connectivity index (χ1v) is 8.19. The van der Waals surface area contributed by atoms with E-state index >= 15 is 0 Å². The lowest BCUT2D eigenvalue weighted by atomic mass is 10.0. The van der Waals surface area contributed by atoms with Crippen LogP contribution in [0.2, 0.25) is 0 Å². The highest BCUT2D eigenvalue weighted by atomic mass is 16.5. The fraction of sp³-hybridized carbons (Fsp3) is 0.421. The van der Waals surface area contributed by atoms with Crippen LogP contribution >= 0.6 is 0 Å². The molecule has 1 aromatic carbocycles. The third-order valence-corrected chi connectivity index (χ3v) is 4.03. The minimum Gasteiger partial charge on any atom is -0.375 e. The molecule has 0 spiro atoms. The van der Waals surface area contributed by atoms with E-state index in [1.54, 1.807) is 23.8 Å². The van der Waals surface area contributed by atoms with E-state index in [0.29, 0.717) is 0 Å². The Morgan fingerprint density at radius 1 is 1.09 bits per heavy atom. The lowest BCUT2D eigenvalue weighted by Gasteiger charge is -2.24. The summed E-state index contributed by atoms with van der Waals surface area (Å²) in [7, 11) is 1.75. The Hall–Kier alpha value is -1.91. The van der Waals surface area contributed by atoms with E-state index in [1.807, 2.05) is 30.5 Å². The number of ether oxygens (including phenoxy) is 1. The molecule has 4 heteroatoms. The number of hydrogen-bond donors (Lipinski definition) is 1. The van der Waals surface area contributed by atoms with Crippen molar-refractivity contribution in [2.75, 3.05) is 13.7 Å². The zero-order valence-electron chi connectivity index (χ0n) is 13.9. The number of unbranched alkanes of at least 4 members (excludes halogenated alkanes) is 1. The van der Waals surface area contributed by atoms with Crippen molar-refractivity contribution in [1.82, 2.24) is 9.88 Å². The molecule has 2 atom stereocenters. The Balaban J connectivity index is 1.73. The van der Waals surface area contributed by atoms with E-state index in [-0.39, 0.29) is 17.7 Å². The highest BCUT2D eigenvalue weighted by Gasteiger charge is 2.17. The Labute approximate surface area is 138 Å². The van der Waals surface area contributed by atoms with Crippen LogP contribution in [-0.2, 0) is 11.3 Å². The summed E-state index contributed by atoms with van der Waals surface area (Å²) >= 11 is 0. The zero-order chi connectivity index (χ0) is 16.5. The van der Waals surface area contributed by atoms with Gasteiger partial charge in [-0.1, -0.05) is 36.4 Å². The molecule has 0 unspecified atom stereocenters. The molecule has 0 aliphatic carbocycles. The van der Waals surface area contributed by atoms with Gasteiger partial charge in [-0.2, -0.15) is 0 Å². The third kappa shape index (κ3) is 5.34. The number of rotatable bonds is 9. The van der Waals surface area contributed by atoms with Crippen LogP contribution in [0.15, 0.2) is 59.5 Å². The maximum absolute atomic E-state index is 11.6. The summed E-state index contributed by atoms with van der Waals surface area (Å²) < 4.78 is 7.39. The van der Waals surface area contributed by atoms with E-state index < -0.39 is 0 Å². The van der Waals surface area contributed by atoms with Crippen molar-refractivity contribution in [1.29, 1.82) is 0 Å². The van der Waals surface area contributed by atoms with Gasteiger partial charge >= 0.3 is 0 Å². The summed E-state index contributed by atoms with van der Waals surface area (Å²) in [5.41, 5.74) is 1.25. The maximum Gasteiger partial charge on any atom is 0.250 e. The first kappa shape index (κ1) is 17.4. The number of pyridine rings is 1. The molecule has 0 fully saturated rings. The van der Waals surface area contributed by atoms with Crippen LogP contribution in [0.1, 0.15) is 31.4 Å². The van der Waals surface area contributed by atoms with Gasteiger partial charge in [0.1, 0.15) is 0 Å². The molecule has 0 radical (unpaired) electrons. The minimum atomic E-state index is 0.0490. The molecule has 1 heterocycles. The molecule has 0 aliphatic heterocycles. The summed E-state index contributed by atoms with van der Waals surface area (Å²) in [5.74, 6) is 0. The maximum atomic E-state index is 11.6. The zero-order valence-corrected chi connectivity index (χ0v) is 13.9. The highest BCUT2D eigenvalue weighted by molar-refractivity contribution is 5.18. The van der Waals surface area contributed by atoms with Gasteiger partial charge in [-0.25, -0.2) is 0 Å². The molecule has 23 heavy (non-hydrogen) atoms. The number of aromatic nitrogens is 1. The quantitative estimate of drug-likeness (QED) is 0.724. The molecular formula is C19H26N2O2. The normalized spacial score (nSPS) is 13.7. The summed E-state index contributed by atoms with van der Waals surface area (Å²) in [4.78, 5) is 11.6. The first-order chi connectivity index (χ1) is 11.2. The highest BCUT2D eigenvalue weighted by Crippen LogP contribution is 2.20. The molecule has 1 aromatic heterocycles. The summed E-state index contributed by atoms with van der Waals surface area (Å²) in [6.07, 6.45) is 3.89. The Morgan fingerprint density at radius 3 is 2.52 bits per heavy atom. The standard InChI is InChI=1S/C19H26N2O2/c1-16(19(23-2)17-10-4-3-5-11-17)20-13-7-9-15-21-14-8-6-12-18(21)22/h3-6,8,10-12,14,16,19-20H,7,9,13,15H2,1-2H3/t16-,19-/m1/s1. The molecule has 1 N–H and O–H groups in total. The van der Waals surface area contributed by atoms with Gasteiger partial charge in [-0.05, 0) is 37.9 Å². The number of hydrogen-bond acceptors (Lipinski definition) is 3. The molecule has 0 aliphatic rings. The van der Waals surface area contributed by atoms with Gasteiger partial charge < -0.3 is 14.6 Å². The van der Waals surface area contributed by atoms with Gasteiger partial charge in [-0.3, -0.25) is 4.79 Å². The van der Waals surface area contributed by atoms with Crippen LogP contribution in [0.4, 0.5) is 0 Å². The monoisotopic (exact) mass is 314 g/mol. The van der Waals surface area contributed by atoms with Crippen LogP contribution < -0.4 is 10.9 Å². The van der Waals surface area contributed by atoms with Crippen molar-refractivity contribution >= 4 is 0 Å². The van der Waals surface area contributed by atoms with Gasteiger partial charge in [-0.15, -0.1) is 0 Å². The second-order valence-corrected chi connectivity index (χ2v) is 5.75. The van der Waals surface area contributed by atoms with Gasteiger partial charge in [0.05, 0.1) is 6.10 Å². The molecule has 0 saturated carbocycles. The number of methoxy groups -OCH3 is 1. The Morgan fingerprint density at radius 2 is 1.83 bits per heavy atom. The van der Waals surface area contributed by atoms with Crippen molar-refractivity contribution in [3.05, 3.63) is 70.6 Å². The molecule has 0 saturated heterocycles. The Bertz CT molecular complexity index is 625. The van der Waals surface area contributed by atoms with Gasteiger partial charge in [0.2, 0.25) is 5.56 Å². The SMILES string of the molecule is CO[C@@H](c1ccccc1)[C@@H](C)NCCCCn1ccccc1=O. The molecule has 2 rings (SSSR count). The fourth-order valence-corrected chi connectivity index (χ4v) is 2.76. The van der Waals surface area contributed by atoms with Crippen molar-refractivity contribution in [3.8, 4) is 0 Å². The number of nitrogens with one attached hydrogen (secondary N) is 1. The average Bonchev–Trinajstić information content (AvgIpc) is 2.58. The van der Waals surface area contributed by atoms with E-state index in [2.05, 4.69) is 24.4 Å². The summed E-state index contributed by atoms with van der Waals surface area (Å²) in [6.45, 7) is 3.82. The number of nitrogens with zero attached hydrogens (tertiary/aromatic N) is 1. The molecule has 124 valence electrons. The molecule has 2 aromatic rings. The van der Waals surface area contributed by atoms with Crippen LogP contribution in [0.3, 0.4) is 0 Å². The second-order valence-electron chi connectivity index (χ2n) is 5.75. The molecular weight excluding hydrogens is 288 g/mol. The van der Waals surface area contributed by atoms with Crippen molar-refractivity contribution in [2.45, 2.75) is 38.5 Å². The predicted molar refractivity (Wildman–Crippen MR) is 93.6 cm³/mol. The van der Waals surface area contributed by atoms with Crippen LogP contribution in [-0.4, -0.2) is 24.3 Å². The number of aryl methyl sites for hydroxylation is 1. The topological polar surface area (TPSA) is 43.3 Å². The van der Waals surface area contributed by atoms with E-state index in [9.17, 15) is 4.79 Å². The molecule has 4 nitrogen and oxygen atoms in total. The Kier molecular flexibility index (Phi) is 7.04. The van der Waals surface area contributed by atoms with Crippen molar-refractivity contribution < 1.29 is 4.74 Å². The summed E-state index contributed by atoms with van der Waals surface area (Å²) in [6, 6.07) is 15.8. The molecule has 0 bridgehead atoms. The van der Waals surface area contributed by atoms with Crippen LogP contribution in [0, 0.1) is 0 Å². The molecule has 0 amide bonds. The number of benzene rings is 1. The van der Waals surface area contributed by atoms with Gasteiger partial charge in [0.25, 0.3) is 0 Å². The van der Waals surface area contributed by atoms with E-state index in [4.69, 9.17) is 4.74 Å². The lowest BCUT2D eigenvalue weighted by molar-refractivity contribution is 0.0734. The van der Waals surface area contributed by atoms with Crippen molar-refractivity contribution in [2.24, 2.45) is 0 Å². The van der Waals surface area contributed by atoms with Crippen molar-refractivity contribution in [3.63, 3.8) is 0 Å². The second kappa shape index (κ2) is 9.28. The smallest absolute Gasteiger partial charge is 0.250 e. The fourth-order valence-electron chi connectivity index (χ4n) is 2.76. The predicted octanol–water partition coefficient (Wildman–Crippen LogP) is 2.99. The van der Waals surface area contributed by atoms with Crippen LogP contribution in [0.5, 0.6) is 0 Å². The summed E-state index contributed by atoms with van der Waals surface area (Å²) in [5, 5.41) is 3.52. The first-order valence-electron chi connectivity index (χ1n) is 8.19.